The third-order valence-electron chi connectivity index (χ3n) is 9.53. The van der Waals surface area contributed by atoms with Gasteiger partial charge in [0, 0.05) is 30.1 Å². The first-order valence-corrected chi connectivity index (χ1v) is 16.2. The second-order valence-corrected chi connectivity index (χ2v) is 14.7. The summed E-state index contributed by atoms with van der Waals surface area (Å²) in [6.45, 7) is 7.09. The summed E-state index contributed by atoms with van der Waals surface area (Å²) in [5.41, 5.74) is 1.72. The number of aliphatic hydroxyl groups excluding tert-OH is 1. The minimum absolute atomic E-state index is 0.0776. The molecule has 1 N–H and O–H groups in total. The molecule has 1 unspecified atom stereocenters. The standard InChI is InChI=1S/C35H41N3O5S/c1-23(2)20-26(22-39)38-30-33(42)37(25-12-14-27(43-4)15-13-25)19-9-17-35(30)29(32(38)41)28-31(40)36(18-8-16-34(28,3)44-35)21-24-10-6-5-7-11-24/h5-17,23,26,28-30,39H,18-22H2,1-4H3/t26-,28-,29+,30?,34+,35+/m1/s1. The molecule has 44 heavy (non-hydrogen) atoms. The van der Waals surface area contributed by atoms with Crippen molar-refractivity contribution in [3.8, 4) is 5.75 Å². The molecule has 1 spiro atoms. The van der Waals surface area contributed by atoms with Crippen LogP contribution >= 0.6 is 11.8 Å². The lowest BCUT2D eigenvalue weighted by molar-refractivity contribution is -0.145. The average Bonchev–Trinajstić information content (AvgIpc) is 3.29. The first-order valence-electron chi connectivity index (χ1n) is 15.4. The van der Waals surface area contributed by atoms with Gasteiger partial charge in [-0.25, -0.2) is 0 Å². The molecule has 8 nitrogen and oxygen atoms in total. The van der Waals surface area contributed by atoms with E-state index in [-0.39, 0.29) is 30.2 Å². The number of benzene rings is 2. The van der Waals surface area contributed by atoms with Gasteiger partial charge in [-0.1, -0.05) is 68.5 Å². The highest BCUT2D eigenvalue weighted by atomic mass is 32.2. The number of hydrogen-bond acceptors (Lipinski definition) is 6. The van der Waals surface area contributed by atoms with Crippen LogP contribution in [-0.4, -0.2) is 81.0 Å². The van der Waals surface area contributed by atoms with Crippen molar-refractivity contribution in [1.29, 1.82) is 0 Å². The van der Waals surface area contributed by atoms with Crippen LogP contribution in [0.15, 0.2) is 78.9 Å². The maximum absolute atomic E-state index is 14.8. The summed E-state index contributed by atoms with van der Waals surface area (Å²) in [4.78, 5) is 49.4. The summed E-state index contributed by atoms with van der Waals surface area (Å²) in [7, 11) is 1.60. The maximum atomic E-state index is 14.8. The molecule has 0 bridgehead atoms. The number of hydrogen-bond donors (Lipinski definition) is 1. The third kappa shape index (κ3) is 4.94. The van der Waals surface area contributed by atoms with Gasteiger partial charge >= 0.3 is 0 Å². The predicted molar refractivity (Wildman–Crippen MR) is 172 cm³/mol. The quantitative estimate of drug-likeness (QED) is 0.446. The molecule has 6 atom stereocenters. The number of likely N-dealkylation sites (tertiary alicyclic amines) is 1. The van der Waals surface area contributed by atoms with Crippen molar-refractivity contribution in [2.45, 2.75) is 55.3 Å². The van der Waals surface area contributed by atoms with Gasteiger partial charge in [0.15, 0.2) is 0 Å². The highest BCUT2D eigenvalue weighted by Gasteiger charge is 2.74. The monoisotopic (exact) mass is 615 g/mol. The van der Waals surface area contributed by atoms with Crippen LogP contribution in [0.1, 0.15) is 32.8 Å². The van der Waals surface area contributed by atoms with Crippen LogP contribution in [0.2, 0.25) is 0 Å². The predicted octanol–water partition coefficient (Wildman–Crippen LogP) is 4.29. The van der Waals surface area contributed by atoms with E-state index >= 15 is 0 Å². The average molecular weight is 616 g/mol. The SMILES string of the molecule is COc1ccc(N2CC=C[C@]34S[C@@]5(C)C=CCN(Cc6ccccc6)C(=O)[C@H]5[C@H]3C(=O)N([C@@H](CO)CC(C)C)C4C2=O)cc1. The number of fused-ring (bicyclic) bond motifs is 2. The number of thioether (sulfide) groups is 1. The Hall–Kier alpha value is -3.56. The molecule has 0 aromatic heterocycles. The van der Waals surface area contributed by atoms with Crippen molar-refractivity contribution in [3.63, 3.8) is 0 Å². The maximum Gasteiger partial charge on any atom is 0.251 e. The summed E-state index contributed by atoms with van der Waals surface area (Å²) in [5.74, 6) is -1.06. The molecule has 4 aliphatic heterocycles. The van der Waals surface area contributed by atoms with E-state index in [1.54, 1.807) is 28.7 Å². The second kappa shape index (κ2) is 11.7. The van der Waals surface area contributed by atoms with Gasteiger partial charge in [0.2, 0.25) is 11.8 Å². The Kier molecular flexibility index (Phi) is 8.13. The zero-order valence-electron chi connectivity index (χ0n) is 25.8. The van der Waals surface area contributed by atoms with Gasteiger partial charge < -0.3 is 24.5 Å². The van der Waals surface area contributed by atoms with Crippen LogP contribution in [0, 0.1) is 17.8 Å². The van der Waals surface area contributed by atoms with E-state index in [0.29, 0.717) is 37.5 Å². The van der Waals surface area contributed by atoms with E-state index < -0.39 is 33.4 Å². The van der Waals surface area contributed by atoms with Gasteiger partial charge in [-0.15, -0.1) is 11.8 Å². The Morgan fingerprint density at radius 2 is 1.64 bits per heavy atom. The topological polar surface area (TPSA) is 90.4 Å². The number of aliphatic hydroxyl groups is 1. The number of rotatable bonds is 8. The zero-order chi connectivity index (χ0) is 31.2. The Labute approximate surface area is 263 Å². The van der Waals surface area contributed by atoms with E-state index in [2.05, 4.69) is 6.08 Å². The Morgan fingerprint density at radius 3 is 2.30 bits per heavy atom. The number of nitrogens with zero attached hydrogens (tertiary/aromatic N) is 3. The minimum atomic E-state index is -0.977. The molecule has 2 fully saturated rings. The first kappa shape index (κ1) is 30.5. The largest absolute Gasteiger partial charge is 0.497 e. The van der Waals surface area contributed by atoms with Crippen LogP contribution in [0.4, 0.5) is 5.69 Å². The van der Waals surface area contributed by atoms with E-state index in [4.69, 9.17) is 4.74 Å². The highest BCUT2D eigenvalue weighted by molar-refractivity contribution is 8.02. The van der Waals surface area contributed by atoms with Gasteiger partial charge in [-0.3, -0.25) is 14.4 Å². The number of amides is 3. The number of methoxy groups -OCH3 is 1. The second-order valence-electron chi connectivity index (χ2n) is 12.9. The lowest BCUT2D eigenvalue weighted by Gasteiger charge is -2.40. The molecule has 2 saturated heterocycles. The molecule has 0 radical (unpaired) electrons. The normalized spacial score (nSPS) is 30.3. The smallest absolute Gasteiger partial charge is 0.251 e. The van der Waals surface area contributed by atoms with Crippen molar-refractivity contribution in [2.75, 3.05) is 31.7 Å². The van der Waals surface area contributed by atoms with Crippen LogP contribution in [-0.2, 0) is 20.9 Å². The van der Waals surface area contributed by atoms with Crippen molar-refractivity contribution in [1.82, 2.24) is 9.80 Å². The zero-order valence-corrected chi connectivity index (χ0v) is 26.6. The van der Waals surface area contributed by atoms with Gasteiger partial charge in [0.25, 0.3) is 5.91 Å². The molecule has 0 aliphatic carbocycles. The fourth-order valence-corrected chi connectivity index (χ4v) is 9.81. The molecule has 9 heteroatoms. The number of ether oxygens (including phenoxy) is 1. The van der Waals surface area contributed by atoms with Crippen molar-refractivity contribution >= 4 is 35.2 Å². The Balaban J connectivity index is 1.45. The van der Waals surface area contributed by atoms with Crippen LogP contribution in [0.5, 0.6) is 5.75 Å². The van der Waals surface area contributed by atoms with E-state index in [1.165, 1.54) is 0 Å². The summed E-state index contributed by atoms with van der Waals surface area (Å²) in [6, 6.07) is 15.8. The molecule has 2 aromatic carbocycles. The van der Waals surface area contributed by atoms with Gasteiger partial charge in [-0.2, -0.15) is 0 Å². The molecular weight excluding hydrogens is 574 g/mol. The van der Waals surface area contributed by atoms with Crippen molar-refractivity contribution in [2.24, 2.45) is 17.8 Å². The molecule has 3 amide bonds. The molecule has 4 heterocycles. The number of anilines is 1. The fourth-order valence-electron chi connectivity index (χ4n) is 7.66. The summed E-state index contributed by atoms with van der Waals surface area (Å²) < 4.78 is 3.66. The number of carbonyl (C=O) groups is 3. The van der Waals surface area contributed by atoms with Crippen molar-refractivity contribution in [3.05, 3.63) is 84.5 Å². The minimum Gasteiger partial charge on any atom is -0.497 e. The fraction of sp³-hybridized carbons (Fsp3) is 0.457. The molecule has 2 aromatic rings. The van der Waals surface area contributed by atoms with E-state index in [1.807, 2.05) is 98.5 Å². The van der Waals surface area contributed by atoms with Crippen LogP contribution < -0.4 is 9.64 Å². The third-order valence-corrected chi connectivity index (χ3v) is 11.3. The lowest BCUT2D eigenvalue weighted by Crippen LogP contribution is -2.57. The van der Waals surface area contributed by atoms with Crippen molar-refractivity contribution < 1.29 is 24.2 Å². The molecule has 6 rings (SSSR count). The molecule has 4 aliphatic rings. The Morgan fingerprint density at radius 1 is 0.932 bits per heavy atom. The van der Waals surface area contributed by atoms with E-state index in [0.717, 1.165) is 5.56 Å². The summed E-state index contributed by atoms with van der Waals surface area (Å²) in [6.07, 6.45) is 8.65. The van der Waals surface area contributed by atoms with Crippen LogP contribution in [0.25, 0.3) is 0 Å². The lowest BCUT2D eigenvalue weighted by atomic mass is 9.74. The molecule has 0 saturated carbocycles. The summed E-state index contributed by atoms with van der Waals surface area (Å²) in [5, 5.41) is 10.6. The van der Waals surface area contributed by atoms with Crippen LogP contribution in [0.3, 0.4) is 0 Å². The summed E-state index contributed by atoms with van der Waals surface area (Å²) >= 11 is 1.57. The van der Waals surface area contributed by atoms with Gasteiger partial charge in [0.1, 0.15) is 11.8 Å². The first-order chi connectivity index (χ1) is 21.1. The van der Waals surface area contributed by atoms with E-state index in [9.17, 15) is 19.5 Å². The van der Waals surface area contributed by atoms with Gasteiger partial charge in [0.05, 0.1) is 36.3 Å². The molecular formula is C35H41N3O5S. The highest BCUT2D eigenvalue weighted by Crippen LogP contribution is 2.66. The number of carbonyl (C=O) groups excluding carboxylic acids is 3. The molecule has 232 valence electrons. The van der Waals surface area contributed by atoms with Gasteiger partial charge in [-0.05, 0) is 49.1 Å². The Bertz CT molecular complexity index is 1480.